The molecular weight excluding hydrogens is 683 g/mol. The molecule has 2 saturated heterocycles. The van der Waals surface area contributed by atoms with Crippen LogP contribution < -0.4 is 24.3 Å². The second-order valence-corrected chi connectivity index (χ2v) is 16.5. The number of hydrogen-bond acceptors (Lipinski definition) is 6. The molecule has 1 amide bonds. The maximum Gasteiger partial charge on any atom is 0.286 e. The molecule has 2 aliphatic heterocycles. The minimum absolute atomic E-state index is 0.00989. The van der Waals surface area contributed by atoms with Gasteiger partial charge in [-0.05, 0) is 91.5 Å². The third-order valence-corrected chi connectivity index (χ3v) is 12.3. The molecule has 272 valence electrons. The summed E-state index contributed by atoms with van der Waals surface area (Å²) in [6.07, 6.45) is 20.8. The zero-order valence-corrected chi connectivity index (χ0v) is 32.0. The molecule has 0 spiro atoms. The number of anilines is 2. The first-order valence-corrected chi connectivity index (χ1v) is 21.4. The average Bonchev–Trinajstić information content (AvgIpc) is 3.92. The third-order valence-electron chi connectivity index (χ3n) is 9.78. The van der Waals surface area contributed by atoms with E-state index in [0.29, 0.717) is 26.1 Å². The van der Waals surface area contributed by atoms with Crippen LogP contribution in [0.25, 0.3) is 12.2 Å². The predicted octanol–water partition coefficient (Wildman–Crippen LogP) is 6.96. The van der Waals surface area contributed by atoms with Crippen LogP contribution in [0.5, 0.6) is 0 Å². The fourth-order valence-electron chi connectivity index (χ4n) is 6.73. The maximum absolute atomic E-state index is 12.6. The van der Waals surface area contributed by atoms with E-state index in [4.69, 9.17) is 0 Å². The topological polar surface area (TPSA) is 60.4 Å². The van der Waals surface area contributed by atoms with Crippen molar-refractivity contribution in [1.82, 2.24) is 5.32 Å². The van der Waals surface area contributed by atoms with Gasteiger partial charge in [-0.1, -0.05) is 58.0 Å². The Labute approximate surface area is 317 Å². The van der Waals surface area contributed by atoms with Crippen molar-refractivity contribution in [2.75, 3.05) is 54.0 Å². The van der Waals surface area contributed by atoms with Crippen molar-refractivity contribution in [3.63, 3.8) is 0 Å². The van der Waals surface area contributed by atoms with Crippen LogP contribution in [0.15, 0.2) is 97.6 Å². The number of nitrogens with zero attached hydrogens (tertiary/aromatic N) is 4. The summed E-state index contributed by atoms with van der Waals surface area (Å²) in [6, 6.07) is 26.2. The molecule has 4 heterocycles. The van der Waals surface area contributed by atoms with Crippen molar-refractivity contribution in [2.24, 2.45) is 0 Å². The van der Waals surface area contributed by atoms with Gasteiger partial charge < -0.3 is 15.1 Å². The minimum atomic E-state index is 0.00989. The molecule has 2 aromatic carbocycles. The number of aryl methyl sites for hydroxylation is 2. The highest BCUT2D eigenvalue weighted by molar-refractivity contribution is 8.76. The molecule has 2 aliphatic rings. The fourth-order valence-corrected chi connectivity index (χ4v) is 8.72. The zero-order chi connectivity index (χ0) is 35.8. The van der Waals surface area contributed by atoms with E-state index in [0.717, 1.165) is 49.4 Å². The molecule has 1 N–H and O–H groups in total. The van der Waals surface area contributed by atoms with Crippen LogP contribution >= 0.6 is 21.6 Å². The summed E-state index contributed by atoms with van der Waals surface area (Å²) in [6.45, 7) is 6.03. The third kappa shape index (κ3) is 12.3. The van der Waals surface area contributed by atoms with E-state index in [-0.39, 0.29) is 11.7 Å². The lowest BCUT2D eigenvalue weighted by Crippen LogP contribution is -2.42. The normalized spacial score (nSPS) is 14.4. The summed E-state index contributed by atoms with van der Waals surface area (Å²) in [5.74, 6) is 2.03. The molecule has 52 heavy (non-hydrogen) atoms. The van der Waals surface area contributed by atoms with Crippen LogP contribution in [0.2, 0.25) is 0 Å². The van der Waals surface area contributed by atoms with Gasteiger partial charge >= 0.3 is 0 Å². The molecule has 2 fully saturated rings. The molecule has 7 nitrogen and oxygen atoms in total. The van der Waals surface area contributed by atoms with Crippen LogP contribution in [0, 0.1) is 0 Å². The lowest BCUT2D eigenvalue weighted by atomic mass is 10.0. The number of carbonyl (C=O) groups is 2. The number of Topliss-reactive ketones (excluding diaryl/α,β-unsaturated/α-hetero) is 1. The molecule has 6 rings (SSSR count). The highest BCUT2D eigenvalue weighted by Crippen LogP contribution is 2.23. The first kappa shape index (κ1) is 37.7. The van der Waals surface area contributed by atoms with E-state index in [2.05, 4.69) is 87.9 Å². The highest BCUT2D eigenvalue weighted by atomic mass is 33.1. The first-order valence-electron chi connectivity index (χ1n) is 18.9. The molecule has 2 aromatic heterocycles. The van der Waals surface area contributed by atoms with Crippen LogP contribution in [0.1, 0.15) is 60.8 Å². The van der Waals surface area contributed by atoms with Crippen molar-refractivity contribution in [3.05, 3.63) is 120 Å². The van der Waals surface area contributed by atoms with E-state index in [1.165, 1.54) is 66.8 Å². The number of nitrogens with one attached hydrogen (secondary N) is 1. The number of amides is 1. The van der Waals surface area contributed by atoms with E-state index >= 15 is 0 Å². The number of aromatic nitrogens is 2. The van der Waals surface area contributed by atoms with Crippen molar-refractivity contribution < 1.29 is 18.7 Å². The van der Waals surface area contributed by atoms with Crippen molar-refractivity contribution in [3.8, 4) is 0 Å². The van der Waals surface area contributed by atoms with Crippen molar-refractivity contribution >= 4 is 56.8 Å². The number of pyridine rings is 2. The summed E-state index contributed by atoms with van der Waals surface area (Å²) in [5.41, 5.74) is 7.60. The molecule has 0 saturated carbocycles. The Morgan fingerprint density at radius 1 is 0.615 bits per heavy atom. The van der Waals surface area contributed by atoms with Crippen LogP contribution in [-0.2, 0) is 35.5 Å². The lowest BCUT2D eigenvalue weighted by molar-refractivity contribution is -0.684. The van der Waals surface area contributed by atoms with Gasteiger partial charge in [0.2, 0.25) is 13.1 Å². The Hall–Kier alpha value is -4.08. The summed E-state index contributed by atoms with van der Waals surface area (Å²) in [7, 11) is 3.52. The lowest BCUT2D eigenvalue weighted by Gasteiger charge is -2.17. The standard InChI is InChI=1S/C43H52N5O2S2/c49-42(34-45-28-19-38(20-29-45)9-7-36-11-15-40(16-12-36)47-24-1-2-25-47)6-5-32-51-52-33-23-44-43(50)35-46-30-21-39(22-31-46)10-8-37-13-17-41(18-14-37)48-26-3-4-27-48/h8,10-22,28-31H,1-7,9,23-27,32-35H2/q+1/p+1. The number of carbonyl (C=O) groups excluding carboxylic acids is 2. The van der Waals surface area contributed by atoms with Gasteiger partial charge in [-0.15, -0.1) is 0 Å². The van der Waals surface area contributed by atoms with Gasteiger partial charge in [0.05, 0.1) is 0 Å². The molecule has 9 heteroatoms. The minimum Gasteiger partial charge on any atom is -0.372 e. The molecular formula is C43H53N5O2S2+2. The zero-order valence-electron chi connectivity index (χ0n) is 30.3. The molecule has 0 unspecified atom stereocenters. The first-order chi connectivity index (χ1) is 25.6. The smallest absolute Gasteiger partial charge is 0.286 e. The van der Waals surface area contributed by atoms with E-state index in [9.17, 15) is 9.59 Å². The Bertz CT molecular complexity index is 1720. The highest BCUT2D eigenvalue weighted by Gasteiger charge is 2.14. The van der Waals surface area contributed by atoms with E-state index in [1.54, 1.807) is 21.6 Å². The summed E-state index contributed by atoms with van der Waals surface area (Å²) in [5, 5.41) is 3.02. The van der Waals surface area contributed by atoms with E-state index in [1.807, 2.05) is 46.1 Å². The summed E-state index contributed by atoms with van der Waals surface area (Å²) >= 11 is 0. The van der Waals surface area contributed by atoms with Gasteiger partial charge in [0, 0.05) is 86.3 Å². The van der Waals surface area contributed by atoms with Crippen LogP contribution in [-0.4, -0.2) is 55.9 Å². The quantitative estimate of drug-likeness (QED) is 0.0639. The molecule has 0 atom stereocenters. The van der Waals surface area contributed by atoms with E-state index < -0.39 is 0 Å². The maximum atomic E-state index is 12.6. The average molecular weight is 736 g/mol. The Morgan fingerprint density at radius 2 is 1.12 bits per heavy atom. The summed E-state index contributed by atoms with van der Waals surface area (Å²) in [4.78, 5) is 29.9. The Kier molecular flexibility index (Phi) is 14.7. The van der Waals surface area contributed by atoms with Gasteiger partial charge in [0.25, 0.3) is 5.91 Å². The largest absolute Gasteiger partial charge is 0.372 e. The predicted molar refractivity (Wildman–Crippen MR) is 218 cm³/mol. The van der Waals surface area contributed by atoms with Gasteiger partial charge in [-0.2, -0.15) is 9.13 Å². The van der Waals surface area contributed by atoms with Gasteiger partial charge in [-0.25, -0.2) is 0 Å². The number of ketones is 1. The summed E-state index contributed by atoms with van der Waals surface area (Å²) < 4.78 is 3.89. The molecule has 0 aliphatic carbocycles. The fraction of sp³-hybridized carbons (Fsp3) is 0.395. The second kappa shape index (κ2) is 20.2. The SMILES string of the molecule is O=C(CCCSSCCNC(=O)C[n+]1ccc(/C=C/c2ccc(N3CCCC3)cc2)cc1)C[n+]1ccc(CCc2ccc(N3CCCC3)cc2)cc1. The van der Waals surface area contributed by atoms with Crippen molar-refractivity contribution in [1.29, 1.82) is 0 Å². The number of rotatable bonds is 19. The van der Waals surface area contributed by atoms with Gasteiger partial charge in [-0.3, -0.25) is 9.59 Å². The van der Waals surface area contributed by atoms with Gasteiger partial charge in [0.15, 0.2) is 30.6 Å². The van der Waals surface area contributed by atoms with Crippen molar-refractivity contribution in [2.45, 2.75) is 64.5 Å². The molecule has 0 bridgehead atoms. The molecule has 4 aromatic rings. The Morgan fingerprint density at radius 3 is 1.73 bits per heavy atom. The van der Waals surface area contributed by atoms with Crippen LogP contribution in [0.4, 0.5) is 11.4 Å². The molecule has 0 radical (unpaired) electrons. The second-order valence-electron chi connectivity index (χ2n) is 13.8. The monoisotopic (exact) mass is 735 g/mol. The number of benzene rings is 2. The number of hydrogen-bond donors (Lipinski definition) is 1. The Balaban J connectivity index is 0.777. The van der Waals surface area contributed by atoms with Crippen LogP contribution in [0.3, 0.4) is 0 Å². The van der Waals surface area contributed by atoms with Gasteiger partial charge in [0.1, 0.15) is 0 Å².